The number of sulfonamides is 1. The van der Waals surface area contributed by atoms with E-state index in [1.807, 2.05) is 19.1 Å². The largest absolute Gasteiger partial charge is 0.280 e. The van der Waals surface area contributed by atoms with Crippen LogP contribution in [-0.4, -0.2) is 13.4 Å². The average molecular weight is 304 g/mol. The van der Waals surface area contributed by atoms with E-state index in [0.29, 0.717) is 11.6 Å². The zero-order valence-corrected chi connectivity index (χ0v) is 13.3. The van der Waals surface area contributed by atoms with Crippen LogP contribution in [0, 0.1) is 6.92 Å². The van der Waals surface area contributed by atoms with Gasteiger partial charge in [-0.05, 0) is 49.1 Å². The highest BCUT2D eigenvalue weighted by Crippen LogP contribution is 2.22. The summed E-state index contributed by atoms with van der Waals surface area (Å²) in [7, 11) is -3.56. The van der Waals surface area contributed by atoms with E-state index in [0.717, 1.165) is 17.7 Å². The molecule has 1 aromatic heterocycles. The molecule has 112 valence electrons. The van der Waals surface area contributed by atoms with Gasteiger partial charge in [0.2, 0.25) is 0 Å². The maximum absolute atomic E-state index is 12.3. The van der Waals surface area contributed by atoms with Crippen LogP contribution >= 0.6 is 0 Å². The lowest BCUT2D eigenvalue weighted by Crippen LogP contribution is -2.13. The molecule has 0 fully saturated rings. The Bertz CT molecular complexity index is 709. The number of aryl methyl sites for hydroxylation is 1. The molecule has 1 aromatic carbocycles. The molecule has 5 heteroatoms. The molecule has 2 rings (SSSR count). The SMILES string of the molecule is CCC(C)c1ccc(S(=O)(=O)Nc2ccnc(C)c2)cc1. The predicted octanol–water partition coefficient (Wildman–Crippen LogP) is 3.70. The molecule has 1 atom stereocenters. The van der Waals surface area contributed by atoms with Gasteiger partial charge in [0.25, 0.3) is 10.0 Å². The number of nitrogens with zero attached hydrogens (tertiary/aromatic N) is 1. The van der Waals surface area contributed by atoms with Gasteiger partial charge >= 0.3 is 0 Å². The third-order valence-corrected chi connectivity index (χ3v) is 4.92. The van der Waals surface area contributed by atoms with Crippen LogP contribution in [-0.2, 0) is 10.0 Å². The van der Waals surface area contributed by atoms with Gasteiger partial charge in [0, 0.05) is 11.9 Å². The molecule has 0 aliphatic rings. The number of aromatic nitrogens is 1. The van der Waals surface area contributed by atoms with Crippen LogP contribution in [0.1, 0.15) is 37.4 Å². The van der Waals surface area contributed by atoms with Crippen LogP contribution < -0.4 is 4.72 Å². The number of rotatable bonds is 5. The molecule has 4 nitrogen and oxygen atoms in total. The Balaban J connectivity index is 2.23. The van der Waals surface area contributed by atoms with Crippen LogP contribution in [0.4, 0.5) is 5.69 Å². The fraction of sp³-hybridized carbons (Fsp3) is 0.312. The van der Waals surface area contributed by atoms with E-state index in [4.69, 9.17) is 0 Å². The van der Waals surface area contributed by atoms with Crippen LogP contribution in [0.2, 0.25) is 0 Å². The highest BCUT2D eigenvalue weighted by molar-refractivity contribution is 7.92. The lowest BCUT2D eigenvalue weighted by atomic mass is 9.99. The lowest BCUT2D eigenvalue weighted by Gasteiger charge is -2.11. The normalized spacial score (nSPS) is 12.9. The number of nitrogens with one attached hydrogen (secondary N) is 1. The lowest BCUT2D eigenvalue weighted by molar-refractivity contribution is 0.601. The first-order chi connectivity index (χ1) is 9.92. The summed E-state index contributed by atoms with van der Waals surface area (Å²) < 4.78 is 27.2. The topological polar surface area (TPSA) is 59.1 Å². The smallest absolute Gasteiger partial charge is 0.261 e. The van der Waals surface area contributed by atoms with E-state index in [9.17, 15) is 8.42 Å². The monoisotopic (exact) mass is 304 g/mol. The van der Waals surface area contributed by atoms with Crippen molar-refractivity contribution in [1.29, 1.82) is 0 Å². The Kier molecular flexibility index (Phi) is 4.63. The van der Waals surface area contributed by atoms with Gasteiger partial charge in [-0.15, -0.1) is 0 Å². The Morgan fingerprint density at radius 2 is 1.86 bits per heavy atom. The number of pyridine rings is 1. The molecule has 2 aromatic rings. The van der Waals surface area contributed by atoms with Crippen molar-refractivity contribution in [1.82, 2.24) is 4.98 Å². The number of anilines is 1. The van der Waals surface area contributed by atoms with E-state index >= 15 is 0 Å². The minimum Gasteiger partial charge on any atom is -0.280 e. The van der Waals surface area contributed by atoms with Crippen molar-refractivity contribution in [3.8, 4) is 0 Å². The summed E-state index contributed by atoms with van der Waals surface area (Å²) in [5.41, 5.74) is 2.44. The molecule has 0 bridgehead atoms. The highest BCUT2D eigenvalue weighted by Gasteiger charge is 2.14. The summed E-state index contributed by atoms with van der Waals surface area (Å²) in [6.07, 6.45) is 2.61. The molecule has 1 unspecified atom stereocenters. The first-order valence-electron chi connectivity index (χ1n) is 6.98. The molecule has 0 amide bonds. The Morgan fingerprint density at radius 3 is 2.43 bits per heavy atom. The van der Waals surface area contributed by atoms with Crippen LogP contribution in [0.15, 0.2) is 47.5 Å². The summed E-state index contributed by atoms with van der Waals surface area (Å²) in [4.78, 5) is 4.32. The molecule has 0 saturated heterocycles. The fourth-order valence-corrected chi connectivity index (χ4v) is 3.08. The molecule has 0 spiro atoms. The fourth-order valence-electron chi connectivity index (χ4n) is 2.03. The van der Waals surface area contributed by atoms with Crippen molar-refractivity contribution < 1.29 is 8.42 Å². The van der Waals surface area contributed by atoms with Gasteiger partial charge < -0.3 is 0 Å². The number of hydrogen-bond acceptors (Lipinski definition) is 3. The maximum atomic E-state index is 12.3. The molecule has 0 aliphatic carbocycles. The van der Waals surface area contributed by atoms with Gasteiger partial charge in [-0.3, -0.25) is 9.71 Å². The van der Waals surface area contributed by atoms with Gasteiger partial charge in [-0.1, -0.05) is 26.0 Å². The average Bonchev–Trinajstić information content (AvgIpc) is 2.46. The van der Waals surface area contributed by atoms with Gasteiger partial charge in [-0.2, -0.15) is 0 Å². The van der Waals surface area contributed by atoms with Crippen LogP contribution in [0.3, 0.4) is 0 Å². The van der Waals surface area contributed by atoms with Crippen LogP contribution in [0.5, 0.6) is 0 Å². The van der Waals surface area contributed by atoms with Gasteiger partial charge in [0.15, 0.2) is 0 Å². The van der Waals surface area contributed by atoms with Crippen molar-refractivity contribution in [2.24, 2.45) is 0 Å². The zero-order valence-electron chi connectivity index (χ0n) is 12.5. The minimum absolute atomic E-state index is 0.268. The van der Waals surface area contributed by atoms with E-state index in [1.165, 1.54) is 0 Å². The van der Waals surface area contributed by atoms with E-state index in [2.05, 4.69) is 23.6 Å². The molecule has 1 heterocycles. The van der Waals surface area contributed by atoms with E-state index in [-0.39, 0.29) is 4.90 Å². The van der Waals surface area contributed by atoms with Crippen molar-refractivity contribution in [3.63, 3.8) is 0 Å². The third-order valence-electron chi connectivity index (χ3n) is 3.52. The predicted molar refractivity (Wildman–Crippen MR) is 84.9 cm³/mol. The van der Waals surface area contributed by atoms with Gasteiger partial charge in [-0.25, -0.2) is 8.42 Å². The van der Waals surface area contributed by atoms with Crippen molar-refractivity contribution in [2.45, 2.75) is 38.0 Å². The first kappa shape index (κ1) is 15.5. The first-order valence-corrected chi connectivity index (χ1v) is 8.46. The number of hydrogen-bond donors (Lipinski definition) is 1. The molecule has 0 saturated carbocycles. The molecule has 21 heavy (non-hydrogen) atoms. The molecule has 1 N–H and O–H groups in total. The molecule has 0 radical (unpaired) electrons. The minimum atomic E-state index is -3.56. The third kappa shape index (κ3) is 3.82. The van der Waals surface area contributed by atoms with Crippen molar-refractivity contribution in [2.75, 3.05) is 4.72 Å². The molecular weight excluding hydrogens is 284 g/mol. The summed E-state index contributed by atoms with van der Waals surface area (Å²) in [6.45, 7) is 6.06. The van der Waals surface area contributed by atoms with Crippen molar-refractivity contribution in [3.05, 3.63) is 53.9 Å². The quantitative estimate of drug-likeness (QED) is 0.916. The molecule has 0 aliphatic heterocycles. The second-order valence-corrected chi connectivity index (χ2v) is 6.85. The maximum Gasteiger partial charge on any atom is 0.261 e. The second-order valence-electron chi connectivity index (χ2n) is 5.17. The Hall–Kier alpha value is -1.88. The number of benzene rings is 1. The summed E-state index contributed by atoms with van der Waals surface area (Å²) in [6, 6.07) is 10.4. The highest BCUT2D eigenvalue weighted by atomic mass is 32.2. The Labute approximate surface area is 126 Å². The van der Waals surface area contributed by atoms with Gasteiger partial charge in [0.05, 0.1) is 10.6 Å². The van der Waals surface area contributed by atoms with E-state index in [1.54, 1.807) is 30.5 Å². The van der Waals surface area contributed by atoms with Crippen LogP contribution in [0.25, 0.3) is 0 Å². The zero-order chi connectivity index (χ0) is 15.5. The van der Waals surface area contributed by atoms with Gasteiger partial charge in [0.1, 0.15) is 0 Å². The summed E-state index contributed by atoms with van der Waals surface area (Å²) >= 11 is 0. The second kappa shape index (κ2) is 6.26. The summed E-state index contributed by atoms with van der Waals surface area (Å²) in [5.74, 6) is 0.428. The molecular formula is C16H20N2O2S. The summed E-state index contributed by atoms with van der Waals surface area (Å²) in [5, 5.41) is 0. The van der Waals surface area contributed by atoms with E-state index < -0.39 is 10.0 Å². The van der Waals surface area contributed by atoms with Crippen molar-refractivity contribution >= 4 is 15.7 Å². The Morgan fingerprint density at radius 1 is 1.19 bits per heavy atom. The standard InChI is InChI=1S/C16H20N2O2S/c1-4-12(2)14-5-7-16(8-6-14)21(19,20)18-15-9-10-17-13(3)11-15/h5-12H,4H2,1-3H3,(H,17,18).